The van der Waals surface area contributed by atoms with Crippen LogP contribution in [0.3, 0.4) is 0 Å². The van der Waals surface area contributed by atoms with E-state index in [-0.39, 0.29) is 36.8 Å². The number of carboxylic acid groups (broad SMARTS) is 1. The Hall–Kier alpha value is -5.71. The van der Waals surface area contributed by atoms with Crippen LogP contribution in [0, 0.1) is 11.8 Å². The molecule has 0 aliphatic carbocycles. The number of thiol groups is 1. The molecule has 22 heteroatoms. The van der Waals surface area contributed by atoms with Crippen LogP contribution in [-0.4, -0.2) is 154 Å². The van der Waals surface area contributed by atoms with Gasteiger partial charge in [-0.25, -0.2) is 4.79 Å². The molecule has 70 heavy (non-hydrogen) atoms. The highest BCUT2D eigenvalue weighted by molar-refractivity contribution is 7.98. The first kappa shape index (κ1) is 58.6. The van der Waals surface area contributed by atoms with Gasteiger partial charge in [0.15, 0.2) is 0 Å². The smallest absolute Gasteiger partial charge is 0.326 e. The number of nitrogens with one attached hydrogen (secondary N) is 7. The number of carbonyl (C=O) groups is 9. The van der Waals surface area contributed by atoms with E-state index >= 15 is 0 Å². The Kier molecular flexibility index (Phi) is 25.2. The predicted molar refractivity (Wildman–Crippen MR) is 268 cm³/mol. The first-order valence-corrected chi connectivity index (χ1v) is 25.5. The van der Waals surface area contributed by atoms with E-state index in [9.17, 15) is 53.4 Å². The third kappa shape index (κ3) is 18.9. The van der Waals surface area contributed by atoms with Crippen LogP contribution in [0.1, 0.15) is 70.9 Å². The third-order valence-corrected chi connectivity index (χ3v) is 12.8. The largest absolute Gasteiger partial charge is 0.480 e. The molecule has 8 amide bonds. The summed E-state index contributed by atoms with van der Waals surface area (Å²) in [4.78, 5) is 122. The normalized spacial score (nSPS) is 16.8. The van der Waals surface area contributed by atoms with E-state index in [1.165, 1.54) is 16.7 Å². The van der Waals surface area contributed by atoms with Gasteiger partial charge in [-0.15, -0.1) is 0 Å². The summed E-state index contributed by atoms with van der Waals surface area (Å²) in [6.45, 7) is 6.25. The summed E-state index contributed by atoms with van der Waals surface area (Å²) >= 11 is 5.62. The van der Waals surface area contributed by atoms with Gasteiger partial charge in [0.25, 0.3) is 0 Å². The van der Waals surface area contributed by atoms with Crippen LogP contribution in [0.2, 0.25) is 0 Å². The summed E-state index contributed by atoms with van der Waals surface area (Å²) in [6, 6.07) is 7.66. The van der Waals surface area contributed by atoms with E-state index in [1.54, 1.807) is 80.8 Å². The zero-order valence-electron chi connectivity index (χ0n) is 40.5. The predicted octanol–water partition coefficient (Wildman–Crippen LogP) is -0.333. The van der Waals surface area contributed by atoms with Crippen LogP contribution in [0.4, 0.5) is 0 Å². The van der Waals surface area contributed by atoms with Gasteiger partial charge in [0.05, 0.1) is 19.2 Å². The molecular weight excluding hydrogens is 943 g/mol. The lowest BCUT2D eigenvalue weighted by molar-refractivity contribution is -0.142. The number of thioether (sulfide) groups is 1. The van der Waals surface area contributed by atoms with Gasteiger partial charge in [-0.1, -0.05) is 94.8 Å². The van der Waals surface area contributed by atoms with Crippen molar-refractivity contribution < 1.29 is 53.4 Å². The number of hydrogen-bond donors (Lipinski definition) is 11. The Morgan fingerprint density at radius 1 is 0.743 bits per heavy atom. The van der Waals surface area contributed by atoms with E-state index < -0.39 is 115 Å². The highest BCUT2D eigenvalue weighted by atomic mass is 32.2. The summed E-state index contributed by atoms with van der Waals surface area (Å²) in [5.41, 5.74) is 7.38. The molecule has 1 aliphatic heterocycles. The fourth-order valence-corrected chi connectivity index (χ4v) is 8.42. The standard InChI is InChI=1S/C48H71N9O11S2/c1-6-29(4)40(46(65)54-35(48(67)68)24-31-16-11-8-12-17-31)56-43(62)36(26-58)55-42(61)34(23-30-14-9-7-10-15-30)53-41(60)33(19-21-70-5)52-44(63)37(27-69)51-39(59)25-50-45(64)38-18-13-20-57(38)47(66)32(49)22-28(2)3/h7-12,14-17,28-29,32-38,40,58,69H,6,13,18-27,49H2,1-5H3,(H,50,64)(H,51,59)(H,52,63)(H,53,60)(H,54,65)(H,55,61)(H,56,62)(H,67,68)/t29-,32-,33-,34-,35-,36-,37-,38-,40-/m0/s1. The van der Waals surface area contributed by atoms with Crippen LogP contribution in [-0.2, 0) is 56.0 Å². The second-order valence-corrected chi connectivity index (χ2v) is 19.1. The van der Waals surface area contributed by atoms with E-state index in [0.29, 0.717) is 49.1 Å². The maximum atomic E-state index is 14.0. The average molecular weight is 1010 g/mol. The van der Waals surface area contributed by atoms with E-state index in [4.69, 9.17) is 5.73 Å². The minimum atomic E-state index is -1.62. The summed E-state index contributed by atoms with van der Waals surface area (Å²) in [7, 11) is 0. The minimum absolute atomic E-state index is 0.0250. The number of aliphatic hydroxyl groups is 1. The van der Waals surface area contributed by atoms with Gasteiger partial charge in [-0.2, -0.15) is 24.4 Å². The van der Waals surface area contributed by atoms with Crippen LogP contribution >= 0.6 is 24.4 Å². The maximum Gasteiger partial charge on any atom is 0.326 e. The van der Waals surface area contributed by atoms with Gasteiger partial charge in [0.2, 0.25) is 47.3 Å². The van der Waals surface area contributed by atoms with Gasteiger partial charge in [0, 0.05) is 25.1 Å². The van der Waals surface area contributed by atoms with Crippen molar-refractivity contribution in [2.45, 2.75) is 121 Å². The summed E-state index contributed by atoms with van der Waals surface area (Å²) < 4.78 is 0. The van der Waals surface area contributed by atoms with Crippen molar-refractivity contribution in [3.63, 3.8) is 0 Å². The van der Waals surface area contributed by atoms with Crippen LogP contribution < -0.4 is 43.0 Å². The lowest BCUT2D eigenvalue weighted by Crippen LogP contribution is -2.61. The molecule has 1 aliphatic rings. The molecule has 1 heterocycles. The first-order valence-electron chi connectivity index (χ1n) is 23.5. The lowest BCUT2D eigenvalue weighted by atomic mass is 9.97. The zero-order chi connectivity index (χ0) is 51.9. The van der Waals surface area contributed by atoms with Crippen LogP contribution in [0.15, 0.2) is 60.7 Å². The molecule has 20 nitrogen and oxygen atoms in total. The molecule has 1 saturated heterocycles. The molecule has 11 N–H and O–H groups in total. The highest BCUT2D eigenvalue weighted by Gasteiger charge is 2.38. The van der Waals surface area contributed by atoms with E-state index in [2.05, 4.69) is 49.8 Å². The number of aliphatic carboxylic acids is 1. The minimum Gasteiger partial charge on any atom is -0.480 e. The fourth-order valence-electron chi connectivity index (χ4n) is 7.69. The molecule has 3 rings (SSSR count). The third-order valence-electron chi connectivity index (χ3n) is 11.8. The fraction of sp³-hybridized carbons (Fsp3) is 0.562. The van der Waals surface area contributed by atoms with E-state index in [1.807, 2.05) is 13.8 Å². The van der Waals surface area contributed by atoms with E-state index in [0.717, 1.165) is 0 Å². The molecule has 0 bridgehead atoms. The quantitative estimate of drug-likeness (QED) is 0.0466. The number of carbonyl (C=O) groups excluding carboxylic acids is 8. The van der Waals surface area contributed by atoms with Crippen molar-refractivity contribution in [2.75, 3.05) is 37.5 Å². The van der Waals surface area contributed by atoms with Crippen LogP contribution in [0.5, 0.6) is 0 Å². The molecule has 2 aromatic rings. The SMILES string of the molecule is CC[C@H](C)[C@H](NC(=O)[C@H](CO)NC(=O)[C@H](Cc1ccccc1)NC(=O)[C@H](CCSC)NC(=O)[C@H](CS)NC(=O)CNC(=O)[C@@H]1CCCN1C(=O)[C@@H](N)CC(C)C)C(=O)N[C@@H](Cc1ccccc1)C(=O)O. The Morgan fingerprint density at radius 3 is 1.81 bits per heavy atom. The van der Waals surface area contributed by atoms with Crippen LogP contribution in [0.25, 0.3) is 0 Å². The van der Waals surface area contributed by atoms with Gasteiger partial charge < -0.3 is 58.1 Å². The highest BCUT2D eigenvalue weighted by Crippen LogP contribution is 2.20. The Bertz CT molecular complexity index is 2070. The molecule has 386 valence electrons. The number of likely N-dealkylation sites (tertiary alicyclic amines) is 1. The Labute approximate surface area is 419 Å². The molecule has 0 unspecified atom stereocenters. The number of carboxylic acids is 1. The maximum absolute atomic E-state index is 14.0. The molecule has 0 radical (unpaired) electrons. The summed E-state index contributed by atoms with van der Waals surface area (Å²) in [6.07, 6.45) is 3.60. The molecule has 9 atom stereocenters. The number of hydrogen-bond acceptors (Lipinski definition) is 13. The van der Waals surface area contributed by atoms with Crippen molar-refractivity contribution in [1.29, 1.82) is 0 Å². The second kappa shape index (κ2) is 30.1. The number of nitrogens with zero attached hydrogens (tertiary/aromatic N) is 1. The molecule has 2 aromatic carbocycles. The molecule has 1 fully saturated rings. The first-order chi connectivity index (χ1) is 33.3. The van der Waals surface area contributed by atoms with Crippen molar-refractivity contribution in [3.8, 4) is 0 Å². The van der Waals surface area contributed by atoms with Crippen molar-refractivity contribution in [2.24, 2.45) is 17.6 Å². The Morgan fingerprint density at radius 2 is 1.27 bits per heavy atom. The van der Waals surface area contributed by atoms with Gasteiger partial charge in [-0.3, -0.25) is 38.4 Å². The number of rotatable bonds is 29. The van der Waals surface area contributed by atoms with Crippen molar-refractivity contribution in [1.82, 2.24) is 42.1 Å². The molecular formula is C48H71N9O11S2. The second-order valence-electron chi connectivity index (χ2n) is 17.7. The monoisotopic (exact) mass is 1010 g/mol. The molecule has 0 saturated carbocycles. The number of aliphatic hydroxyl groups excluding tert-OH is 1. The number of amides is 8. The number of nitrogens with two attached hydrogens (primary N) is 1. The summed E-state index contributed by atoms with van der Waals surface area (Å²) in [5.74, 6) is -7.21. The molecule has 0 spiro atoms. The average Bonchev–Trinajstić information content (AvgIpc) is 3.84. The summed E-state index contributed by atoms with van der Waals surface area (Å²) in [5, 5.41) is 38.2. The molecule has 0 aromatic heterocycles. The van der Waals surface area contributed by atoms with Gasteiger partial charge in [-0.05, 0) is 60.7 Å². The van der Waals surface area contributed by atoms with Crippen molar-refractivity contribution >= 4 is 77.6 Å². The van der Waals surface area contributed by atoms with Gasteiger partial charge in [0.1, 0.15) is 42.3 Å². The van der Waals surface area contributed by atoms with Gasteiger partial charge >= 0.3 is 5.97 Å². The topological polar surface area (TPSA) is 308 Å². The van der Waals surface area contributed by atoms with Crippen molar-refractivity contribution in [3.05, 3.63) is 71.8 Å². The Balaban J connectivity index is 1.72. The zero-order valence-corrected chi connectivity index (χ0v) is 42.2. The lowest BCUT2D eigenvalue weighted by Gasteiger charge is -2.28. The number of benzene rings is 2.